The second-order valence-corrected chi connectivity index (χ2v) is 8.98. The van der Waals surface area contributed by atoms with E-state index in [9.17, 15) is 23.1 Å². The van der Waals surface area contributed by atoms with Crippen LogP contribution >= 0.6 is 23.2 Å². The first kappa shape index (κ1) is 24.9. The number of anilines is 2. The van der Waals surface area contributed by atoms with Crippen molar-refractivity contribution in [2.75, 3.05) is 16.8 Å². The van der Waals surface area contributed by atoms with Crippen LogP contribution in [0.2, 0.25) is 10.2 Å². The van der Waals surface area contributed by atoms with Gasteiger partial charge in [-0.1, -0.05) is 29.3 Å². The lowest BCUT2D eigenvalue weighted by atomic mass is 9.85. The average molecular weight is 554 g/mol. The lowest BCUT2D eigenvalue weighted by Gasteiger charge is -2.29. The van der Waals surface area contributed by atoms with Gasteiger partial charge in [0.2, 0.25) is 0 Å². The van der Waals surface area contributed by atoms with Crippen molar-refractivity contribution in [3.63, 3.8) is 0 Å². The fourth-order valence-electron chi connectivity index (χ4n) is 4.01. The van der Waals surface area contributed by atoms with Crippen LogP contribution in [-0.4, -0.2) is 58.4 Å². The van der Waals surface area contributed by atoms with Gasteiger partial charge in [-0.25, -0.2) is 19.3 Å². The molecule has 0 saturated carbocycles. The van der Waals surface area contributed by atoms with E-state index in [1.807, 2.05) is 0 Å². The van der Waals surface area contributed by atoms with Crippen molar-refractivity contribution in [1.82, 2.24) is 34.6 Å². The van der Waals surface area contributed by atoms with Gasteiger partial charge in [0.05, 0.1) is 53.3 Å². The van der Waals surface area contributed by atoms with Gasteiger partial charge in [0, 0.05) is 6.07 Å². The van der Waals surface area contributed by atoms with Gasteiger partial charge in [0.1, 0.15) is 11.1 Å². The highest BCUT2D eigenvalue weighted by atomic mass is 35.5. The second-order valence-electron chi connectivity index (χ2n) is 8.18. The van der Waals surface area contributed by atoms with Crippen LogP contribution in [0.5, 0.6) is 0 Å². The summed E-state index contributed by atoms with van der Waals surface area (Å²) in [6.45, 7) is 4.11. The van der Waals surface area contributed by atoms with E-state index >= 15 is 0 Å². The number of alkyl halides is 3. The van der Waals surface area contributed by atoms with E-state index in [1.54, 1.807) is 0 Å². The van der Waals surface area contributed by atoms with E-state index in [-0.39, 0.29) is 38.7 Å². The summed E-state index contributed by atoms with van der Waals surface area (Å²) in [6, 6.07) is 1.75. The average Bonchev–Trinajstić information content (AvgIpc) is 3.53. The molecular weight excluding hydrogens is 538 g/mol. The number of aliphatic hydroxyl groups excluding tert-OH is 1. The number of aromatic nitrogens is 7. The normalized spacial score (nSPS) is 18.2. The quantitative estimate of drug-likeness (QED) is 0.364. The Morgan fingerprint density at radius 1 is 1.24 bits per heavy atom. The zero-order chi connectivity index (χ0) is 26.7. The number of pyridine rings is 1. The van der Waals surface area contributed by atoms with E-state index in [2.05, 4.69) is 37.2 Å². The molecule has 1 aliphatic heterocycles. The molecule has 16 heteroatoms. The van der Waals surface area contributed by atoms with Crippen molar-refractivity contribution in [3.05, 3.63) is 64.9 Å². The molecule has 0 aromatic carbocycles. The summed E-state index contributed by atoms with van der Waals surface area (Å²) in [5.74, 6) is 0.114. The number of urea groups is 1. The predicted octanol–water partition coefficient (Wildman–Crippen LogP) is 4.10. The number of nitrogens with one attached hydrogen (secondary N) is 1. The van der Waals surface area contributed by atoms with Crippen LogP contribution in [0.1, 0.15) is 24.4 Å². The Morgan fingerprint density at radius 3 is 2.62 bits per heavy atom. The molecule has 0 unspecified atom stereocenters. The number of aliphatic hydroxyl groups is 1. The molecule has 0 bridgehead atoms. The van der Waals surface area contributed by atoms with Crippen LogP contribution < -0.4 is 10.2 Å². The Bertz CT molecular complexity index is 1550. The van der Waals surface area contributed by atoms with Gasteiger partial charge < -0.3 is 10.4 Å². The number of carbonyl (C=O) groups excluding carboxylic acids is 1. The number of amides is 2. The molecule has 0 saturated heterocycles. The summed E-state index contributed by atoms with van der Waals surface area (Å²) in [5.41, 5.74) is -2.62. The first-order chi connectivity index (χ1) is 17.4. The lowest BCUT2D eigenvalue weighted by molar-refractivity contribution is -0.172. The summed E-state index contributed by atoms with van der Waals surface area (Å²) in [6.07, 6.45) is -1.22. The van der Waals surface area contributed by atoms with E-state index in [0.717, 1.165) is 26.5 Å². The minimum absolute atomic E-state index is 0.0395. The van der Waals surface area contributed by atoms with Gasteiger partial charge in [-0.15, -0.1) is 16.5 Å². The van der Waals surface area contributed by atoms with Crippen LogP contribution in [0.25, 0.3) is 11.5 Å². The molecule has 0 aliphatic carbocycles. The van der Waals surface area contributed by atoms with Gasteiger partial charge in [-0.3, -0.25) is 4.90 Å². The first-order valence-corrected chi connectivity index (χ1v) is 11.3. The molecule has 5 heterocycles. The van der Waals surface area contributed by atoms with Gasteiger partial charge in [0.15, 0.2) is 16.6 Å². The molecule has 4 aromatic rings. The molecular formula is C21H16Cl2F3N9O2. The Hall–Kier alpha value is -3.75. The van der Waals surface area contributed by atoms with Gasteiger partial charge in [0.25, 0.3) is 0 Å². The maximum absolute atomic E-state index is 14.4. The molecule has 37 heavy (non-hydrogen) atoms. The highest BCUT2D eigenvalue weighted by Crippen LogP contribution is 2.51. The van der Waals surface area contributed by atoms with Crippen molar-refractivity contribution in [2.24, 2.45) is 0 Å². The minimum atomic E-state index is -4.82. The van der Waals surface area contributed by atoms with Gasteiger partial charge >= 0.3 is 12.2 Å². The topological polar surface area (TPSA) is 126 Å². The van der Waals surface area contributed by atoms with Crippen LogP contribution in [-0.2, 0) is 5.41 Å². The molecule has 11 nitrogen and oxygen atoms in total. The summed E-state index contributed by atoms with van der Waals surface area (Å²) in [5, 5.41) is 24.1. The third kappa shape index (κ3) is 3.97. The molecule has 0 fully saturated rings. The Morgan fingerprint density at radius 2 is 2.00 bits per heavy atom. The molecule has 2 amide bonds. The molecule has 1 aliphatic rings. The predicted molar refractivity (Wildman–Crippen MR) is 127 cm³/mol. The fourth-order valence-corrected chi connectivity index (χ4v) is 4.42. The van der Waals surface area contributed by atoms with E-state index in [0.29, 0.717) is 5.69 Å². The molecule has 5 rings (SSSR count). The number of halogens is 5. The maximum Gasteiger partial charge on any atom is 0.405 e. The van der Waals surface area contributed by atoms with Crippen molar-refractivity contribution >= 4 is 46.3 Å². The zero-order valence-electron chi connectivity index (χ0n) is 18.8. The molecule has 0 spiro atoms. The minimum Gasteiger partial charge on any atom is -0.387 e. The molecule has 192 valence electrons. The second kappa shape index (κ2) is 8.68. The summed E-state index contributed by atoms with van der Waals surface area (Å²) < 4.78 is 44.2. The van der Waals surface area contributed by atoms with Crippen molar-refractivity contribution < 1.29 is 23.1 Å². The summed E-state index contributed by atoms with van der Waals surface area (Å²) in [7, 11) is 0. The monoisotopic (exact) mass is 553 g/mol. The standard InChI is InChI=1S/C21H16Cl2F3N9O2/c1-3-20(21(24,25)26)9-33(14-8-27-16-5-15(23)32-34(16)17(14)20)19(37)30-11-4-12(22)18(28-6-11)35-29-7-13(31-35)10(2)36/h3-8,10,36H,1,9H2,2H3,(H,30,37)/t10-,20+/m0/s1. The smallest absolute Gasteiger partial charge is 0.387 e. The van der Waals surface area contributed by atoms with Crippen molar-refractivity contribution in [1.29, 1.82) is 0 Å². The summed E-state index contributed by atoms with van der Waals surface area (Å²) in [4.78, 5) is 23.4. The van der Waals surface area contributed by atoms with E-state index in [4.69, 9.17) is 23.2 Å². The number of carbonyl (C=O) groups is 1. The van der Waals surface area contributed by atoms with Crippen LogP contribution in [0.3, 0.4) is 0 Å². The first-order valence-electron chi connectivity index (χ1n) is 10.5. The molecule has 2 atom stereocenters. The Kier molecular flexibility index (Phi) is 5.84. The van der Waals surface area contributed by atoms with Crippen LogP contribution in [0.15, 0.2) is 43.4 Å². The molecule has 2 N–H and O–H groups in total. The SMILES string of the molecule is C=C[C@@]1(C(F)(F)F)CN(C(=O)Nc2cnc(-n3ncc([C@H](C)O)n3)c(Cl)c2)c2cnc3cc(Cl)nn3c21. The number of hydrogen-bond donors (Lipinski definition) is 2. The number of hydrogen-bond acceptors (Lipinski definition) is 7. The highest BCUT2D eigenvalue weighted by molar-refractivity contribution is 6.32. The summed E-state index contributed by atoms with van der Waals surface area (Å²) >= 11 is 12.2. The Labute approximate surface area is 216 Å². The largest absolute Gasteiger partial charge is 0.405 e. The van der Waals surface area contributed by atoms with E-state index in [1.165, 1.54) is 31.5 Å². The lowest BCUT2D eigenvalue weighted by Crippen LogP contribution is -2.47. The third-order valence-electron chi connectivity index (χ3n) is 5.85. The third-order valence-corrected chi connectivity index (χ3v) is 6.32. The van der Waals surface area contributed by atoms with Crippen molar-refractivity contribution in [3.8, 4) is 5.82 Å². The van der Waals surface area contributed by atoms with Crippen LogP contribution in [0.4, 0.5) is 29.3 Å². The number of nitrogens with zero attached hydrogens (tertiary/aromatic N) is 8. The zero-order valence-corrected chi connectivity index (χ0v) is 20.3. The van der Waals surface area contributed by atoms with Crippen molar-refractivity contribution in [2.45, 2.75) is 24.6 Å². The van der Waals surface area contributed by atoms with Crippen LogP contribution in [0, 0.1) is 0 Å². The number of fused-ring (bicyclic) bond motifs is 3. The maximum atomic E-state index is 14.4. The highest BCUT2D eigenvalue weighted by Gasteiger charge is 2.62. The van der Waals surface area contributed by atoms with E-state index < -0.39 is 30.3 Å². The fraction of sp³-hybridized carbons (Fsp3) is 0.238. The molecule has 0 radical (unpaired) electrons. The number of rotatable bonds is 4. The van der Waals surface area contributed by atoms with Gasteiger partial charge in [-0.05, 0) is 13.0 Å². The Balaban J connectivity index is 1.49. The van der Waals surface area contributed by atoms with Gasteiger partial charge in [-0.2, -0.15) is 23.4 Å². The molecule has 4 aromatic heterocycles.